The first-order valence-corrected chi connectivity index (χ1v) is 10.4. The van der Waals surface area contributed by atoms with Crippen LogP contribution in [0, 0.1) is 0 Å². The number of urea groups is 1. The average Bonchev–Trinajstić information content (AvgIpc) is 2.63. The summed E-state index contributed by atoms with van der Waals surface area (Å²) < 4.78 is 5.35. The Morgan fingerprint density at radius 2 is 1.63 bits per heavy atom. The van der Waals surface area contributed by atoms with E-state index in [0.717, 1.165) is 31.2 Å². The van der Waals surface area contributed by atoms with Gasteiger partial charge >= 0.3 is 12.1 Å². The lowest BCUT2D eigenvalue weighted by molar-refractivity contribution is -0.127. The molecule has 1 fully saturated rings. The van der Waals surface area contributed by atoms with Gasteiger partial charge in [-0.25, -0.2) is 9.59 Å². The molecule has 8 nitrogen and oxygen atoms in total. The molecule has 1 aliphatic carbocycles. The van der Waals surface area contributed by atoms with Crippen LogP contribution in [0.2, 0.25) is 0 Å². The van der Waals surface area contributed by atoms with Gasteiger partial charge in [-0.3, -0.25) is 4.79 Å². The number of nitrogens with one attached hydrogen (secondary N) is 3. The molecule has 1 saturated carbocycles. The van der Waals surface area contributed by atoms with E-state index in [1.807, 2.05) is 39.0 Å². The van der Waals surface area contributed by atoms with Crippen molar-refractivity contribution in [2.45, 2.75) is 70.6 Å². The highest BCUT2D eigenvalue weighted by Crippen LogP contribution is 2.21. The van der Waals surface area contributed by atoms with E-state index in [0.29, 0.717) is 5.69 Å². The van der Waals surface area contributed by atoms with Crippen LogP contribution in [0.1, 0.15) is 52.0 Å². The fourth-order valence-electron chi connectivity index (χ4n) is 3.38. The third-order valence-electron chi connectivity index (χ3n) is 4.89. The number of carbonyl (C=O) groups excluding carboxylic acids is 3. The number of hydrogen-bond acceptors (Lipinski definition) is 4. The Labute approximate surface area is 178 Å². The molecule has 2 atom stereocenters. The van der Waals surface area contributed by atoms with Crippen molar-refractivity contribution in [3.63, 3.8) is 0 Å². The van der Waals surface area contributed by atoms with Crippen molar-refractivity contribution in [2.75, 3.05) is 19.4 Å². The van der Waals surface area contributed by atoms with Crippen molar-refractivity contribution >= 4 is 23.7 Å². The number of carbonyl (C=O) groups is 3. The Balaban J connectivity index is 1.99. The predicted molar refractivity (Wildman–Crippen MR) is 116 cm³/mol. The van der Waals surface area contributed by atoms with Gasteiger partial charge in [-0.2, -0.15) is 0 Å². The monoisotopic (exact) mass is 418 g/mol. The lowest BCUT2D eigenvalue weighted by atomic mass is 9.90. The fourth-order valence-corrected chi connectivity index (χ4v) is 3.38. The maximum Gasteiger partial charge on any atom is 0.407 e. The molecule has 1 aromatic rings. The number of hydrogen-bond donors (Lipinski definition) is 3. The zero-order valence-electron chi connectivity index (χ0n) is 18.6. The molecule has 0 aliphatic heterocycles. The van der Waals surface area contributed by atoms with Gasteiger partial charge in [0.25, 0.3) is 0 Å². The number of rotatable bonds is 5. The summed E-state index contributed by atoms with van der Waals surface area (Å²) in [7, 11) is 3.40. The Morgan fingerprint density at radius 3 is 2.23 bits per heavy atom. The van der Waals surface area contributed by atoms with Gasteiger partial charge in [-0.1, -0.05) is 31.0 Å². The number of amides is 4. The number of alkyl carbamates (subject to hydrolysis) is 1. The van der Waals surface area contributed by atoms with E-state index in [1.54, 1.807) is 20.2 Å². The van der Waals surface area contributed by atoms with Gasteiger partial charge in [-0.05, 0) is 45.2 Å². The van der Waals surface area contributed by atoms with E-state index in [-0.39, 0.29) is 30.4 Å². The average molecular weight is 419 g/mol. The molecular weight excluding hydrogens is 384 g/mol. The Morgan fingerprint density at radius 1 is 1.03 bits per heavy atom. The van der Waals surface area contributed by atoms with E-state index in [9.17, 15) is 14.4 Å². The second-order valence-electron chi connectivity index (χ2n) is 8.86. The zero-order valence-corrected chi connectivity index (χ0v) is 18.6. The molecule has 0 bridgehead atoms. The van der Waals surface area contributed by atoms with Crippen LogP contribution in [-0.4, -0.2) is 54.7 Å². The predicted octanol–water partition coefficient (Wildman–Crippen LogP) is 3.27. The second kappa shape index (κ2) is 10.3. The quantitative estimate of drug-likeness (QED) is 0.683. The second-order valence-corrected chi connectivity index (χ2v) is 8.86. The smallest absolute Gasteiger partial charge is 0.407 e. The van der Waals surface area contributed by atoms with Crippen molar-refractivity contribution in [1.29, 1.82) is 0 Å². The Kier molecular flexibility index (Phi) is 8.08. The molecule has 8 heteroatoms. The van der Waals surface area contributed by atoms with E-state index < -0.39 is 11.7 Å². The summed E-state index contributed by atoms with van der Waals surface area (Å²) in [5.74, 6) is -0.0430. The van der Waals surface area contributed by atoms with E-state index >= 15 is 0 Å². The summed E-state index contributed by atoms with van der Waals surface area (Å²) in [6.45, 7) is 5.44. The van der Waals surface area contributed by atoms with Crippen molar-refractivity contribution < 1.29 is 19.1 Å². The minimum absolute atomic E-state index is 0.0430. The fraction of sp³-hybridized carbons (Fsp3) is 0.591. The van der Waals surface area contributed by atoms with Crippen LogP contribution in [0.15, 0.2) is 24.3 Å². The van der Waals surface area contributed by atoms with Crippen LogP contribution in [0.4, 0.5) is 15.3 Å². The minimum atomic E-state index is -0.577. The molecular formula is C22H34N4O4. The van der Waals surface area contributed by atoms with Crippen molar-refractivity contribution in [2.24, 2.45) is 0 Å². The number of para-hydroxylation sites is 1. The molecule has 0 saturated heterocycles. The molecule has 166 valence electrons. The highest BCUT2D eigenvalue weighted by atomic mass is 16.6. The van der Waals surface area contributed by atoms with Crippen LogP contribution >= 0.6 is 0 Å². The Bertz CT molecular complexity index is 758. The topological polar surface area (TPSA) is 99.8 Å². The molecule has 4 amide bonds. The normalized spacial score (nSPS) is 18.8. The summed E-state index contributed by atoms with van der Waals surface area (Å²) in [6.07, 6.45) is 3.23. The lowest BCUT2D eigenvalue weighted by Crippen LogP contribution is -2.54. The van der Waals surface area contributed by atoms with Gasteiger partial charge < -0.3 is 25.6 Å². The zero-order chi connectivity index (χ0) is 22.3. The highest BCUT2D eigenvalue weighted by Gasteiger charge is 2.29. The summed E-state index contributed by atoms with van der Waals surface area (Å²) in [4.78, 5) is 38.4. The van der Waals surface area contributed by atoms with Crippen LogP contribution in [-0.2, 0) is 16.0 Å². The molecule has 0 spiro atoms. The van der Waals surface area contributed by atoms with Crippen molar-refractivity contribution in [3.05, 3.63) is 29.8 Å². The van der Waals surface area contributed by atoms with Gasteiger partial charge in [0.2, 0.25) is 5.91 Å². The number of likely N-dealkylation sites (N-methyl/N-ethyl adjacent to an activating group) is 1. The number of nitrogens with zero attached hydrogens (tertiary/aromatic N) is 1. The first kappa shape index (κ1) is 23.5. The van der Waals surface area contributed by atoms with Crippen LogP contribution in [0.3, 0.4) is 0 Å². The summed E-state index contributed by atoms with van der Waals surface area (Å²) in [5.41, 5.74) is 0.767. The van der Waals surface area contributed by atoms with Gasteiger partial charge in [0.1, 0.15) is 5.60 Å². The van der Waals surface area contributed by atoms with E-state index in [1.165, 1.54) is 4.90 Å². The molecule has 3 N–H and O–H groups in total. The standard InChI is InChI=1S/C22H34N4O4/c1-22(2,3)30-21(29)25-18-13-9-8-12-17(18)24-20(28)23-16-11-7-6-10-15(16)14-19(27)26(4)5/h6-7,10-11,17-18H,8-9,12-14H2,1-5H3,(H,25,29)(H2,23,24,28)/t17-,18-/m1/s1. The van der Waals surface area contributed by atoms with Gasteiger partial charge in [-0.15, -0.1) is 0 Å². The molecule has 1 aromatic carbocycles. The van der Waals surface area contributed by atoms with Crippen LogP contribution < -0.4 is 16.0 Å². The van der Waals surface area contributed by atoms with E-state index in [4.69, 9.17) is 4.74 Å². The van der Waals surface area contributed by atoms with Crippen molar-refractivity contribution in [1.82, 2.24) is 15.5 Å². The molecule has 0 unspecified atom stereocenters. The maximum absolute atomic E-state index is 12.7. The molecule has 2 rings (SSSR count). The maximum atomic E-state index is 12.7. The van der Waals surface area contributed by atoms with Crippen molar-refractivity contribution in [3.8, 4) is 0 Å². The first-order valence-electron chi connectivity index (χ1n) is 10.4. The SMILES string of the molecule is CN(C)C(=O)Cc1ccccc1NC(=O)N[C@@H]1CCCC[C@H]1NC(=O)OC(C)(C)C. The lowest BCUT2D eigenvalue weighted by Gasteiger charge is -2.33. The Hall–Kier alpha value is -2.77. The minimum Gasteiger partial charge on any atom is -0.444 e. The molecule has 30 heavy (non-hydrogen) atoms. The van der Waals surface area contributed by atoms with Crippen LogP contribution in [0.25, 0.3) is 0 Å². The summed E-state index contributed by atoms with van der Waals surface area (Å²) in [5, 5.41) is 8.71. The summed E-state index contributed by atoms with van der Waals surface area (Å²) >= 11 is 0. The van der Waals surface area contributed by atoms with Crippen LogP contribution in [0.5, 0.6) is 0 Å². The van der Waals surface area contributed by atoms with Gasteiger partial charge in [0, 0.05) is 19.8 Å². The van der Waals surface area contributed by atoms with Gasteiger partial charge in [0.05, 0.1) is 18.5 Å². The van der Waals surface area contributed by atoms with E-state index in [2.05, 4.69) is 16.0 Å². The van der Waals surface area contributed by atoms with Gasteiger partial charge in [0.15, 0.2) is 0 Å². The molecule has 0 heterocycles. The molecule has 1 aliphatic rings. The first-order chi connectivity index (χ1) is 14.0. The highest BCUT2D eigenvalue weighted by molar-refractivity contribution is 5.91. The third kappa shape index (κ3) is 7.57. The number of ether oxygens (including phenoxy) is 1. The molecule has 0 aromatic heterocycles. The largest absolute Gasteiger partial charge is 0.444 e. The third-order valence-corrected chi connectivity index (χ3v) is 4.89. The number of benzene rings is 1. The number of anilines is 1. The molecule has 0 radical (unpaired) electrons. The summed E-state index contributed by atoms with van der Waals surface area (Å²) in [6, 6.07) is 6.50.